The molecule has 0 saturated carbocycles. The molecule has 2 rings (SSSR count). The summed E-state index contributed by atoms with van der Waals surface area (Å²) in [7, 11) is 0. The van der Waals surface area contributed by atoms with Gasteiger partial charge >= 0.3 is 0 Å². The van der Waals surface area contributed by atoms with Crippen LogP contribution in [0.3, 0.4) is 0 Å². The van der Waals surface area contributed by atoms with Crippen LogP contribution in [-0.2, 0) is 0 Å². The summed E-state index contributed by atoms with van der Waals surface area (Å²) in [4.78, 5) is 7.35. The largest absolute Gasteiger partial charge is 0.346 e. The van der Waals surface area contributed by atoms with Gasteiger partial charge in [-0.05, 0) is 24.1 Å². The number of nitrogens with two attached hydrogens (primary N) is 2. The summed E-state index contributed by atoms with van der Waals surface area (Å²) in [6.07, 6.45) is 3.71. The lowest BCUT2D eigenvalue weighted by Gasteiger charge is -2.06. The summed E-state index contributed by atoms with van der Waals surface area (Å²) in [6.45, 7) is 2.46. The Labute approximate surface area is 82.3 Å². The van der Waals surface area contributed by atoms with E-state index in [-0.39, 0.29) is 6.04 Å². The Morgan fingerprint density at radius 3 is 3.07 bits per heavy atom. The topological polar surface area (TPSA) is 80.7 Å². The minimum Gasteiger partial charge on any atom is -0.346 e. The van der Waals surface area contributed by atoms with E-state index in [2.05, 4.69) is 16.0 Å². The van der Waals surface area contributed by atoms with Crippen molar-refractivity contribution < 1.29 is 0 Å². The molecule has 2 aromatic rings. The lowest BCUT2D eigenvalue weighted by Crippen LogP contribution is -2.20. The maximum atomic E-state index is 5.88. The molecule has 2 aromatic heterocycles. The van der Waals surface area contributed by atoms with E-state index in [1.165, 1.54) is 0 Å². The normalized spacial score (nSPS) is 13.4. The molecule has 0 aliphatic heterocycles. The van der Waals surface area contributed by atoms with Gasteiger partial charge in [-0.3, -0.25) is 0 Å². The van der Waals surface area contributed by atoms with E-state index in [4.69, 9.17) is 11.5 Å². The third-order valence-electron chi connectivity index (χ3n) is 2.35. The standard InChI is InChI=1S/C10H14N4/c1-6-2-7-8(9(12)3-11)5-14-10(7)13-4-6/h2,4-5,9H,3,11-12H2,1H3,(H,13,14)/t9-/m1/s1. The smallest absolute Gasteiger partial charge is 0.137 e. The third kappa shape index (κ3) is 1.38. The fourth-order valence-electron chi connectivity index (χ4n) is 1.56. The van der Waals surface area contributed by atoms with E-state index >= 15 is 0 Å². The summed E-state index contributed by atoms with van der Waals surface area (Å²) in [6, 6.07) is 1.95. The number of nitrogens with one attached hydrogen (secondary N) is 1. The van der Waals surface area contributed by atoms with Crippen LogP contribution in [-0.4, -0.2) is 16.5 Å². The van der Waals surface area contributed by atoms with Gasteiger partial charge in [-0.25, -0.2) is 4.98 Å². The van der Waals surface area contributed by atoms with Crippen molar-refractivity contribution in [1.29, 1.82) is 0 Å². The maximum Gasteiger partial charge on any atom is 0.137 e. The second-order valence-corrected chi connectivity index (χ2v) is 3.50. The first-order valence-electron chi connectivity index (χ1n) is 4.61. The number of hydrogen-bond donors (Lipinski definition) is 3. The fourth-order valence-corrected chi connectivity index (χ4v) is 1.56. The van der Waals surface area contributed by atoms with Gasteiger partial charge < -0.3 is 16.5 Å². The van der Waals surface area contributed by atoms with E-state index in [1.54, 1.807) is 0 Å². The molecule has 0 aromatic carbocycles. The van der Waals surface area contributed by atoms with E-state index in [1.807, 2.05) is 19.3 Å². The van der Waals surface area contributed by atoms with Crippen molar-refractivity contribution in [2.75, 3.05) is 6.54 Å². The van der Waals surface area contributed by atoms with E-state index in [0.717, 1.165) is 22.2 Å². The second-order valence-electron chi connectivity index (χ2n) is 3.50. The molecule has 0 saturated heterocycles. The molecule has 0 aliphatic rings. The quantitative estimate of drug-likeness (QED) is 0.656. The van der Waals surface area contributed by atoms with E-state index < -0.39 is 0 Å². The number of aromatic amines is 1. The molecule has 0 fully saturated rings. The molecule has 0 spiro atoms. The SMILES string of the molecule is Cc1cnc2[nH]cc([C@H](N)CN)c2c1. The summed E-state index contributed by atoms with van der Waals surface area (Å²) < 4.78 is 0. The summed E-state index contributed by atoms with van der Waals surface area (Å²) in [5.74, 6) is 0. The highest BCUT2D eigenvalue weighted by atomic mass is 14.8. The molecule has 1 atom stereocenters. The Hall–Kier alpha value is -1.39. The molecule has 0 bridgehead atoms. The summed E-state index contributed by atoms with van der Waals surface area (Å²) in [5, 5.41) is 1.07. The Bertz CT molecular complexity index is 446. The minimum atomic E-state index is -0.118. The lowest BCUT2D eigenvalue weighted by atomic mass is 10.1. The van der Waals surface area contributed by atoms with Crippen molar-refractivity contribution in [1.82, 2.24) is 9.97 Å². The van der Waals surface area contributed by atoms with E-state index in [0.29, 0.717) is 6.54 Å². The number of rotatable bonds is 2. The summed E-state index contributed by atoms with van der Waals surface area (Å²) in [5.41, 5.74) is 14.5. The number of fused-ring (bicyclic) bond motifs is 1. The zero-order valence-electron chi connectivity index (χ0n) is 8.12. The van der Waals surface area contributed by atoms with Gasteiger partial charge in [0.15, 0.2) is 0 Å². The highest BCUT2D eigenvalue weighted by Gasteiger charge is 2.10. The molecule has 0 radical (unpaired) electrons. The molecule has 0 aliphatic carbocycles. The van der Waals surface area contributed by atoms with Crippen molar-refractivity contribution in [3.63, 3.8) is 0 Å². The third-order valence-corrected chi connectivity index (χ3v) is 2.35. The highest BCUT2D eigenvalue weighted by molar-refractivity contribution is 5.80. The summed E-state index contributed by atoms with van der Waals surface area (Å²) >= 11 is 0. The molecule has 0 unspecified atom stereocenters. The average molecular weight is 190 g/mol. The molecule has 4 heteroatoms. The van der Waals surface area contributed by atoms with Crippen LogP contribution in [0.5, 0.6) is 0 Å². The van der Waals surface area contributed by atoms with Crippen LogP contribution in [0.4, 0.5) is 0 Å². The molecule has 14 heavy (non-hydrogen) atoms. The minimum absolute atomic E-state index is 0.118. The van der Waals surface area contributed by atoms with Gasteiger partial charge in [0.05, 0.1) is 0 Å². The zero-order valence-corrected chi connectivity index (χ0v) is 8.12. The number of aryl methyl sites for hydroxylation is 1. The van der Waals surface area contributed by atoms with Crippen LogP contribution < -0.4 is 11.5 Å². The number of H-pyrrole nitrogens is 1. The Kier molecular flexibility index (Phi) is 2.23. The first kappa shape index (κ1) is 9.18. The molecule has 2 heterocycles. The first-order chi connectivity index (χ1) is 6.72. The van der Waals surface area contributed by atoms with Gasteiger partial charge in [0, 0.05) is 30.4 Å². The Balaban J connectivity index is 2.61. The second kappa shape index (κ2) is 3.40. The van der Waals surface area contributed by atoms with Gasteiger partial charge in [-0.2, -0.15) is 0 Å². The maximum absolute atomic E-state index is 5.88. The predicted octanol–water partition coefficient (Wildman–Crippen LogP) is 0.830. The number of nitrogens with zero attached hydrogens (tertiary/aromatic N) is 1. The van der Waals surface area contributed by atoms with Crippen molar-refractivity contribution in [2.45, 2.75) is 13.0 Å². The van der Waals surface area contributed by atoms with Crippen molar-refractivity contribution in [3.05, 3.63) is 29.6 Å². The lowest BCUT2D eigenvalue weighted by molar-refractivity contribution is 0.743. The first-order valence-corrected chi connectivity index (χ1v) is 4.61. The molecule has 4 nitrogen and oxygen atoms in total. The van der Waals surface area contributed by atoms with Crippen molar-refractivity contribution >= 4 is 11.0 Å². The van der Waals surface area contributed by atoms with Gasteiger partial charge in [-0.15, -0.1) is 0 Å². The van der Waals surface area contributed by atoms with Crippen LogP contribution >= 0.6 is 0 Å². The number of hydrogen-bond acceptors (Lipinski definition) is 3. The average Bonchev–Trinajstić information content (AvgIpc) is 2.59. The number of pyridine rings is 1. The van der Waals surface area contributed by atoms with Crippen molar-refractivity contribution in [2.24, 2.45) is 11.5 Å². The molecule has 74 valence electrons. The van der Waals surface area contributed by atoms with Gasteiger partial charge in [0.25, 0.3) is 0 Å². The van der Waals surface area contributed by atoms with Crippen LogP contribution in [0.1, 0.15) is 17.2 Å². The zero-order chi connectivity index (χ0) is 10.1. The van der Waals surface area contributed by atoms with Gasteiger partial charge in [0.2, 0.25) is 0 Å². The highest BCUT2D eigenvalue weighted by Crippen LogP contribution is 2.21. The van der Waals surface area contributed by atoms with Crippen LogP contribution in [0.2, 0.25) is 0 Å². The van der Waals surface area contributed by atoms with Crippen LogP contribution in [0.15, 0.2) is 18.5 Å². The Morgan fingerprint density at radius 2 is 2.36 bits per heavy atom. The van der Waals surface area contributed by atoms with E-state index in [9.17, 15) is 0 Å². The molecular weight excluding hydrogens is 176 g/mol. The molecule has 0 amide bonds. The fraction of sp³-hybridized carbons (Fsp3) is 0.300. The van der Waals surface area contributed by atoms with Crippen molar-refractivity contribution in [3.8, 4) is 0 Å². The van der Waals surface area contributed by atoms with Crippen LogP contribution in [0.25, 0.3) is 11.0 Å². The number of aromatic nitrogens is 2. The van der Waals surface area contributed by atoms with Gasteiger partial charge in [-0.1, -0.05) is 0 Å². The monoisotopic (exact) mass is 190 g/mol. The molecule has 5 N–H and O–H groups in total. The Morgan fingerprint density at radius 1 is 1.57 bits per heavy atom. The van der Waals surface area contributed by atoms with Gasteiger partial charge in [0.1, 0.15) is 5.65 Å². The predicted molar refractivity (Wildman–Crippen MR) is 56.8 cm³/mol. The van der Waals surface area contributed by atoms with Crippen LogP contribution in [0, 0.1) is 6.92 Å². The molecular formula is C10H14N4.